The van der Waals surface area contributed by atoms with Gasteiger partial charge in [0.05, 0.1) is 0 Å². The molecule has 2 atom stereocenters. The van der Waals surface area contributed by atoms with E-state index in [1.54, 1.807) is 36.4 Å². The smallest absolute Gasteiger partial charge is 0.408 e. The van der Waals surface area contributed by atoms with Gasteiger partial charge in [0.25, 0.3) is 0 Å². The van der Waals surface area contributed by atoms with E-state index < -0.39 is 35.9 Å². The molecule has 0 spiro atoms. The zero-order valence-corrected chi connectivity index (χ0v) is 18.3. The van der Waals surface area contributed by atoms with Crippen molar-refractivity contribution >= 4 is 18.0 Å². The van der Waals surface area contributed by atoms with E-state index in [-0.39, 0.29) is 19.4 Å². The first-order valence-electron chi connectivity index (χ1n) is 10.7. The summed E-state index contributed by atoms with van der Waals surface area (Å²) in [6.07, 6.45) is -0.709. The maximum absolute atomic E-state index is 13.2. The van der Waals surface area contributed by atoms with Crippen LogP contribution in [0.4, 0.5) is 9.18 Å². The minimum atomic E-state index is -1.27. The second-order valence-electron chi connectivity index (χ2n) is 7.68. The molecular formula is C26H25FN2O5. The molecule has 8 heteroatoms. The minimum Gasteiger partial charge on any atom is -0.480 e. The van der Waals surface area contributed by atoms with Crippen LogP contribution < -0.4 is 10.6 Å². The number of carboxylic acid groups (broad SMARTS) is 1. The molecule has 3 N–H and O–H groups in total. The SMILES string of the molecule is O=C(N[C@H](Cc1ccccc1)C(=O)N[C@@H](Cc1ccc(F)cc1)C(=O)O)OCc1ccccc1. The number of halogens is 1. The van der Waals surface area contributed by atoms with Crippen molar-refractivity contribution in [2.24, 2.45) is 0 Å². The van der Waals surface area contributed by atoms with E-state index >= 15 is 0 Å². The summed E-state index contributed by atoms with van der Waals surface area (Å²) in [5.41, 5.74) is 2.10. The number of carboxylic acids is 1. The Bertz CT molecular complexity index is 1090. The van der Waals surface area contributed by atoms with E-state index in [4.69, 9.17) is 4.74 Å². The number of benzene rings is 3. The summed E-state index contributed by atoms with van der Waals surface area (Å²) >= 11 is 0. The third-order valence-corrected chi connectivity index (χ3v) is 5.07. The van der Waals surface area contributed by atoms with Gasteiger partial charge < -0.3 is 20.5 Å². The van der Waals surface area contributed by atoms with Crippen LogP contribution in [0, 0.1) is 5.82 Å². The van der Waals surface area contributed by atoms with E-state index in [9.17, 15) is 23.9 Å². The van der Waals surface area contributed by atoms with Crippen LogP contribution in [0.25, 0.3) is 0 Å². The highest BCUT2D eigenvalue weighted by Crippen LogP contribution is 2.09. The molecule has 0 saturated heterocycles. The number of alkyl carbamates (subject to hydrolysis) is 1. The number of ether oxygens (including phenoxy) is 1. The Morgan fingerprint density at radius 2 is 1.26 bits per heavy atom. The predicted molar refractivity (Wildman–Crippen MR) is 123 cm³/mol. The van der Waals surface area contributed by atoms with Crippen LogP contribution in [0.3, 0.4) is 0 Å². The second-order valence-corrected chi connectivity index (χ2v) is 7.68. The maximum atomic E-state index is 13.2. The van der Waals surface area contributed by atoms with E-state index in [0.29, 0.717) is 5.56 Å². The van der Waals surface area contributed by atoms with Gasteiger partial charge in [0, 0.05) is 12.8 Å². The molecule has 0 aliphatic carbocycles. The Balaban J connectivity index is 1.68. The first-order valence-corrected chi connectivity index (χ1v) is 10.7. The number of carbonyl (C=O) groups excluding carboxylic acids is 2. The van der Waals surface area contributed by atoms with Crippen molar-refractivity contribution < 1.29 is 28.6 Å². The molecule has 3 aromatic rings. The van der Waals surface area contributed by atoms with Crippen molar-refractivity contribution in [1.82, 2.24) is 10.6 Å². The number of hydrogen-bond donors (Lipinski definition) is 3. The molecule has 0 heterocycles. The molecular weight excluding hydrogens is 439 g/mol. The summed E-state index contributed by atoms with van der Waals surface area (Å²) in [5, 5.41) is 14.6. The molecule has 0 radical (unpaired) electrons. The Morgan fingerprint density at radius 1 is 0.735 bits per heavy atom. The highest BCUT2D eigenvalue weighted by molar-refractivity contribution is 5.89. The van der Waals surface area contributed by atoms with Crippen molar-refractivity contribution in [2.45, 2.75) is 31.5 Å². The largest absolute Gasteiger partial charge is 0.480 e. The Kier molecular flexibility index (Phi) is 8.73. The second kappa shape index (κ2) is 12.2. The number of rotatable bonds is 10. The van der Waals surface area contributed by atoms with Crippen LogP contribution >= 0.6 is 0 Å². The fourth-order valence-electron chi connectivity index (χ4n) is 3.29. The molecule has 2 amide bonds. The lowest BCUT2D eigenvalue weighted by molar-refractivity contribution is -0.142. The lowest BCUT2D eigenvalue weighted by Gasteiger charge is -2.21. The molecule has 0 bridgehead atoms. The number of amides is 2. The van der Waals surface area contributed by atoms with Gasteiger partial charge in [-0.15, -0.1) is 0 Å². The summed E-state index contributed by atoms with van der Waals surface area (Å²) in [7, 11) is 0. The van der Waals surface area contributed by atoms with Gasteiger partial charge in [-0.2, -0.15) is 0 Å². The third kappa shape index (κ3) is 7.74. The van der Waals surface area contributed by atoms with Crippen molar-refractivity contribution in [3.05, 3.63) is 107 Å². The standard InChI is InChI=1S/C26H25FN2O5/c27-21-13-11-19(12-14-21)16-23(25(31)32)28-24(30)22(15-18-7-3-1-4-8-18)29-26(33)34-17-20-9-5-2-6-10-20/h1-14,22-23H,15-17H2,(H,28,30)(H,29,33)(H,31,32)/t22-,23+/m1/s1. The fourth-order valence-corrected chi connectivity index (χ4v) is 3.29. The van der Waals surface area contributed by atoms with Crippen LogP contribution in [-0.4, -0.2) is 35.2 Å². The van der Waals surface area contributed by atoms with Crippen LogP contribution in [-0.2, 0) is 33.8 Å². The highest BCUT2D eigenvalue weighted by Gasteiger charge is 2.27. The molecule has 0 aliphatic rings. The first-order chi connectivity index (χ1) is 16.4. The van der Waals surface area contributed by atoms with Gasteiger partial charge in [0.2, 0.25) is 5.91 Å². The third-order valence-electron chi connectivity index (χ3n) is 5.07. The molecule has 0 aromatic heterocycles. The highest BCUT2D eigenvalue weighted by atomic mass is 19.1. The predicted octanol–water partition coefficient (Wildman–Crippen LogP) is 3.48. The summed E-state index contributed by atoms with van der Waals surface area (Å²) in [5.74, 6) is -2.36. The summed E-state index contributed by atoms with van der Waals surface area (Å²) in [6.45, 7) is 0.0225. The zero-order chi connectivity index (χ0) is 24.3. The van der Waals surface area contributed by atoms with E-state index in [1.807, 2.05) is 24.3 Å². The van der Waals surface area contributed by atoms with Crippen LogP contribution in [0.2, 0.25) is 0 Å². The summed E-state index contributed by atoms with van der Waals surface area (Å²) in [6, 6.07) is 21.1. The molecule has 0 saturated carbocycles. The first kappa shape index (κ1) is 24.4. The van der Waals surface area contributed by atoms with E-state index in [1.165, 1.54) is 24.3 Å². The molecule has 3 rings (SSSR count). The molecule has 0 unspecified atom stereocenters. The van der Waals surface area contributed by atoms with Crippen LogP contribution in [0.1, 0.15) is 16.7 Å². The lowest BCUT2D eigenvalue weighted by Crippen LogP contribution is -2.53. The van der Waals surface area contributed by atoms with Gasteiger partial charge in [-0.25, -0.2) is 14.0 Å². The number of aliphatic carboxylic acids is 1. The Morgan fingerprint density at radius 3 is 1.85 bits per heavy atom. The number of hydrogen-bond acceptors (Lipinski definition) is 4. The number of carbonyl (C=O) groups is 3. The minimum absolute atomic E-state index is 0.0225. The fraction of sp³-hybridized carbons (Fsp3) is 0.192. The lowest BCUT2D eigenvalue weighted by atomic mass is 10.0. The Labute approximate surface area is 196 Å². The molecule has 3 aromatic carbocycles. The monoisotopic (exact) mass is 464 g/mol. The van der Waals surface area contributed by atoms with Crippen molar-refractivity contribution in [3.63, 3.8) is 0 Å². The normalized spacial score (nSPS) is 12.3. The quantitative estimate of drug-likeness (QED) is 0.426. The van der Waals surface area contributed by atoms with Gasteiger partial charge in [0.1, 0.15) is 24.5 Å². The summed E-state index contributed by atoms with van der Waals surface area (Å²) in [4.78, 5) is 37.2. The van der Waals surface area contributed by atoms with Gasteiger partial charge in [-0.05, 0) is 28.8 Å². The molecule has 34 heavy (non-hydrogen) atoms. The van der Waals surface area contributed by atoms with Crippen molar-refractivity contribution in [2.75, 3.05) is 0 Å². The van der Waals surface area contributed by atoms with E-state index in [2.05, 4.69) is 10.6 Å². The maximum Gasteiger partial charge on any atom is 0.408 e. The van der Waals surface area contributed by atoms with Crippen LogP contribution in [0.5, 0.6) is 0 Å². The topological polar surface area (TPSA) is 105 Å². The average Bonchev–Trinajstić information content (AvgIpc) is 2.84. The van der Waals surface area contributed by atoms with Crippen molar-refractivity contribution in [1.29, 1.82) is 0 Å². The molecule has 0 fully saturated rings. The number of nitrogens with one attached hydrogen (secondary N) is 2. The zero-order valence-electron chi connectivity index (χ0n) is 18.3. The molecule has 0 aliphatic heterocycles. The van der Waals surface area contributed by atoms with Crippen molar-refractivity contribution in [3.8, 4) is 0 Å². The average molecular weight is 464 g/mol. The van der Waals surface area contributed by atoms with E-state index in [0.717, 1.165) is 11.1 Å². The van der Waals surface area contributed by atoms with Gasteiger partial charge in [0.15, 0.2) is 0 Å². The van der Waals surface area contributed by atoms with Gasteiger partial charge in [-0.3, -0.25) is 4.79 Å². The summed E-state index contributed by atoms with van der Waals surface area (Å²) < 4.78 is 18.4. The molecule has 176 valence electrons. The van der Waals surface area contributed by atoms with Crippen LogP contribution in [0.15, 0.2) is 84.9 Å². The van der Waals surface area contributed by atoms with Gasteiger partial charge in [-0.1, -0.05) is 72.8 Å². The Hall–Kier alpha value is -4.20. The molecule has 7 nitrogen and oxygen atoms in total. The van der Waals surface area contributed by atoms with Gasteiger partial charge >= 0.3 is 12.1 Å².